The molecule has 0 saturated carbocycles. The molecule has 3 aromatic rings. The highest BCUT2D eigenvalue weighted by atomic mass is 16.5. The summed E-state index contributed by atoms with van der Waals surface area (Å²) in [6.07, 6.45) is 0. The zero-order valence-corrected chi connectivity index (χ0v) is 13.7. The molecule has 0 unspecified atom stereocenters. The van der Waals surface area contributed by atoms with E-state index in [1.807, 2.05) is 6.92 Å². The van der Waals surface area contributed by atoms with Crippen molar-refractivity contribution in [3.8, 4) is 5.75 Å². The lowest BCUT2D eigenvalue weighted by Crippen LogP contribution is -2.05. The maximum absolute atomic E-state index is 12.7. The van der Waals surface area contributed by atoms with Crippen LogP contribution in [-0.4, -0.2) is 18.8 Å². The third-order valence-electron chi connectivity index (χ3n) is 3.79. The largest absolute Gasteiger partial charge is 0.497 e. The number of nitrogens with one attached hydrogen (secondary N) is 1. The number of ether oxygens (including phenoxy) is 1. The van der Waals surface area contributed by atoms with E-state index in [9.17, 15) is 9.59 Å². The van der Waals surface area contributed by atoms with E-state index in [0.29, 0.717) is 28.3 Å². The van der Waals surface area contributed by atoms with Crippen molar-refractivity contribution in [2.24, 2.45) is 0 Å². The number of carbonyl (C=O) groups excluding carboxylic acids is 2. The van der Waals surface area contributed by atoms with Crippen LogP contribution in [-0.2, 0) is 4.79 Å². The van der Waals surface area contributed by atoms with Gasteiger partial charge in [0.15, 0.2) is 5.76 Å². The minimum Gasteiger partial charge on any atom is -0.497 e. The van der Waals surface area contributed by atoms with Gasteiger partial charge in [0, 0.05) is 29.1 Å². The summed E-state index contributed by atoms with van der Waals surface area (Å²) in [4.78, 5) is 23.9. The van der Waals surface area contributed by atoms with Gasteiger partial charge in [-0.25, -0.2) is 0 Å². The number of methoxy groups -OCH3 is 1. The smallest absolute Gasteiger partial charge is 0.228 e. The fourth-order valence-corrected chi connectivity index (χ4v) is 2.61. The number of furan rings is 1. The molecule has 0 aliphatic rings. The second kappa shape index (κ2) is 6.20. The Morgan fingerprint density at radius 1 is 1.12 bits per heavy atom. The van der Waals surface area contributed by atoms with Gasteiger partial charge >= 0.3 is 0 Å². The molecule has 5 heteroatoms. The number of rotatable bonds is 4. The van der Waals surface area contributed by atoms with Crippen molar-refractivity contribution < 1.29 is 18.7 Å². The first-order valence-corrected chi connectivity index (χ1v) is 7.49. The molecule has 0 fully saturated rings. The fraction of sp³-hybridized carbons (Fsp3) is 0.158. The molecule has 2 aromatic carbocycles. The van der Waals surface area contributed by atoms with Crippen molar-refractivity contribution in [2.75, 3.05) is 12.4 Å². The summed E-state index contributed by atoms with van der Waals surface area (Å²) in [5.41, 5.74) is 2.51. The Bertz CT molecular complexity index is 940. The lowest BCUT2D eigenvalue weighted by atomic mass is 10.0. The Morgan fingerprint density at radius 3 is 2.62 bits per heavy atom. The summed E-state index contributed by atoms with van der Waals surface area (Å²) in [7, 11) is 1.56. The minimum absolute atomic E-state index is 0.150. The number of fused-ring (bicyclic) bond motifs is 1. The number of amides is 1. The highest BCUT2D eigenvalue weighted by molar-refractivity contribution is 6.11. The van der Waals surface area contributed by atoms with Gasteiger partial charge < -0.3 is 14.5 Å². The zero-order valence-electron chi connectivity index (χ0n) is 13.7. The number of hydrogen-bond donors (Lipinski definition) is 1. The SMILES string of the molecule is COc1cccc(C(=O)c2oc3ccc(NC(C)=O)cc3c2C)c1. The van der Waals surface area contributed by atoms with Gasteiger partial charge in [-0.15, -0.1) is 0 Å². The highest BCUT2D eigenvalue weighted by Crippen LogP contribution is 2.30. The summed E-state index contributed by atoms with van der Waals surface area (Å²) >= 11 is 0. The van der Waals surface area contributed by atoms with Crippen LogP contribution in [0.3, 0.4) is 0 Å². The van der Waals surface area contributed by atoms with Crippen LogP contribution in [0.15, 0.2) is 46.9 Å². The molecule has 1 amide bonds. The Kier molecular flexibility index (Phi) is 4.08. The highest BCUT2D eigenvalue weighted by Gasteiger charge is 2.20. The lowest BCUT2D eigenvalue weighted by molar-refractivity contribution is -0.114. The van der Waals surface area contributed by atoms with E-state index in [1.165, 1.54) is 6.92 Å². The average Bonchev–Trinajstić information content (AvgIpc) is 2.90. The molecule has 1 N–H and O–H groups in total. The molecule has 5 nitrogen and oxygen atoms in total. The van der Waals surface area contributed by atoms with Crippen LogP contribution in [0, 0.1) is 6.92 Å². The Hall–Kier alpha value is -3.08. The summed E-state index contributed by atoms with van der Waals surface area (Å²) in [6, 6.07) is 12.2. The molecular formula is C19H17NO4. The molecule has 0 bridgehead atoms. The van der Waals surface area contributed by atoms with E-state index < -0.39 is 0 Å². The molecule has 0 saturated heterocycles. The Morgan fingerprint density at radius 2 is 1.92 bits per heavy atom. The Balaban J connectivity index is 2.04. The maximum atomic E-state index is 12.7. The first kappa shape index (κ1) is 15.8. The number of aryl methyl sites for hydroxylation is 1. The molecule has 0 spiro atoms. The average molecular weight is 323 g/mol. The second-order valence-corrected chi connectivity index (χ2v) is 5.51. The van der Waals surface area contributed by atoms with Gasteiger partial charge in [-0.05, 0) is 37.3 Å². The molecule has 24 heavy (non-hydrogen) atoms. The third-order valence-corrected chi connectivity index (χ3v) is 3.79. The van der Waals surface area contributed by atoms with Crippen molar-refractivity contribution in [3.05, 3.63) is 59.4 Å². The first-order chi connectivity index (χ1) is 11.5. The second-order valence-electron chi connectivity index (χ2n) is 5.51. The third kappa shape index (κ3) is 2.88. The molecule has 0 aliphatic heterocycles. The van der Waals surface area contributed by atoms with Gasteiger partial charge in [0.2, 0.25) is 11.7 Å². The van der Waals surface area contributed by atoms with E-state index in [-0.39, 0.29) is 11.7 Å². The van der Waals surface area contributed by atoms with Crippen LogP contribution >= 0.6 is 0 Å². The molecule has 122 valence electrons. The molecule has 1 aromatic heterocycles. The topological polar surface area (TPSA) is 68.5 Å². The summed E-state index contributed by atoms with van der Waals surface area (Å²) in [6.45, 7) is 3.28. The van der Waals surface area contributed by atoms with Crippen molar-refractivity contribution in [2.45, 2.75) is 13.8 Å². The van der Waals surface area contributed by atoms with E-state index in [2.05, 4.69) is 5.32 Å². The van der Waals surface area contributed by atoms with Crippen LogP contribution in [0.4, 0.5) is 5.69 Å². The quantitative estimate of drug-likeness (QED) is 0.738. The van der Waals surface area contributed by atoms with Crippen LogP contribution < -0.4 is 10.1 Å². The monoisotopic (exact) mass is 323 g/mol. The predicted molar refractivity (Wildman–Crippen MR) is 91.7 cm³/mol. The summed E-state index contributed by atoms with van der Waals surface area (Å²) in [5, 5.41) is 3.53. The number of anilines is 1. The van der Waals surface area contributed by atoms with Gasteiger partial charge in [-0.3, -0.25) is 9.59 Å². The summed E-state index contributed by atoms with van der Waals surface area (Å²) in [5.74, 6) is 0.549. The standard InChI is InChI=1S/C19H17NO4/c1-11-16-10-14(20-12(2)21)7-8-17(16)24-19(11)18(22)13-5-4-6-15(9-13)23-3/h4-10H,1-3H3,(H,20,21). The van der Waals surface area contributed by atoms with Crippen LogP contribution in [0.2, 0.25) is 0 Å². The first-order valence-electron chi connectivity index (χ1n) is 7.49. The van der Waals surface area contributed by atoms with Gasteiger partial charge in [-0.1, -0.05) is 12.1 Å². The molecule has 0 atom stereocenters. The lowest BCUT2D eigenvalue weighted by Gasteiger charge is -2.02. The van der Waals surface area contributed by atoms with Gasteiger partial charge in [-0.2, -0.15) is 0 Å². The number of hydrogen-bond acceptors (Lipinski definition) is 4. The zero-order chi connectivity index (χ0) is 17.3. The minimum atomic E-state index is -0.205. The van der Waals surface area contributed by atoms with Gasteiger partial charge in [0.05, 0.1) is 7.11 Å². The van der Waals surface area contributed by atoms with Gasteiger partial charge in [0.1, 0.15) is 11.3 Å². The Labute approximate surface area is 139 Å². The molecule has 3 rings (SSSR count). The number of ketones is 1. The van der Waals surface area contributed by atoms with Crippen molar-refractivity contribution in [1.82, 2.24) is 0 Å². The maximum Gasteiger partial charge on any atom is 0.228 e. The normalized spacial score (nSPS) is 10.6. The fourth-order valence-electron chi connectivity index (χ4n) is 2.61. The van der Waals surface area contributed by atoms with Crippen LogP contribution in [0.5, 0.6) is 5.75 Å². The van der Waals surface area contributed by atoms with E-state index in [4.69, 9.17) is 9.15 Å². The van der Waals surface area contributed by atoms with Crippen molar-refractivity contribution >= 4 is 28.3 Å². The molecule has 0 aliphatic carbocycles. The van der Waals surface area contributed by atoms with Crippen molar-refractivity contribution in [1.29, 1.82) is 0 Å². The molecule has 1 heterocycles. The van der Waals surface area contributed by atoms with Crippen LogP contribution in [0.25, 0.3) is 11.0 Å². The number of benzene rings is 2. The molecule has 0 radical (unpaired) electrons. The number of carbonyl (C=O) groups is 2. The predicted octanol–water partition coefficient (Wildman–Crippen LogP) is 3.94. The van der Waals surface area contributed by atoms with Crippen molar-refractivity contribution in [3.63, 3.8) is 0 Å². The summed E-state index contributed by atoms with van der Waals surface area (Å²) < 4.78 is 10.9. The van der Waals surface area contributed by atoms with E-state index >= 15 is 0 Å². The van der Waals surface area contributed by atoms with Crippen LogP contribution in [0.1, 0.15) is 28.6 Å². The molecular weight excluding hydrogens is 306 g/mol. The van der Waals surface area contributed by atoms with E-state index in [1.54, 1.807) is 49.6 Å². The van der Waals surface area contributed by atoms with Gasteiger partial charge in [0.25, 0.3) is 0 Å². The van der Waals surface area contributed by atoms with E-state index in [0.717, 1.165) is 10.9 Å².